The maximum absolute atomic E-state index is 13.1. The number of anilines is 1. The highest BCUT2D eigenvalue weighted by Crippen LogP contribution is 2.34. The summed E-state index contributed by atoms with van der Waals surface area (Å²) in [5.74, 6) is -1.76. The fourth-order valence-electron chi connectivity index (χ4n) is 2.54. The van der Waals surface area contributed by atoms with E-state index in [0.29, 0.717) is 20.3 Å². The maximum Gasteiger partial charge on any atom is 0.335 e. The number of barbiturate groups is 1. The Bertz CT molecular complexity index is 990. The van der Waals surface area contributed by atoms with E-state index in [0.717, 1.165) is 17.0 Å². The van der Waals surface area contributed by atoms with Gasteiger partial charge in [0.15, 0.2) is 0 Å². The fraction of sp³-hybridized carbons (Fsp3) is 0.0556. The van der Waals surface area contributed by atoms with Crippen LogP contribution in [0.25, 0.3) is 6.08 Å². The molecule has 3 rings (SSSR count). The van der Waals surface area contributed by atoms with Crippen LogP contribution >= 0.6 is 31.9 Å². The second-order valence-corrected chi connectivity index (χ2v) is 7.21. The van der Waals surface area contributed by atoms with Gasteiger partial charge in [0.1, 0.15) is 17.1 Å². The number of imide groups is 2. The van der Waals surface area contributed by atoms with Gasteiger partial charge in [0, 0.05) is 10.0 Å². The number of rotatable bonds is 3. The fourth-order valence-corrected chi connectivity index (χ4v) is 3.96. The standard InChI is InChI=1S/C18H11Br2FN2O4/c1-27-15-9(6-10(19)8-14(15)20)7-13-16(24)22-18(26)23(17(13)25)12-4-2-11(21)3-5-12/h2-8H,1H3,(H,22,24,26). The molecule has 0 aliphatic carbocycles. The van der Waals surface area contributed by atoms with Crippen molar-refractivity contribution in [3.05, 3.63) is 62.3 Å². The number of carbonyl (C=O) groups excluding carboxylic acids is 3. The SMILES string of the molecule is COc1c(Br)cc(Br)cc1C=C1C(=O)NC(=O)N(c2ccc(F)cc2)C1=O. The number of ether oxygens (including phenoxy) is 1. The Morgan fingerprint density at radius 2 is 1.78 bits per heavy atom. The normalized spacial score (nSPS) is 15.9. The number of methoxy groups -OCH3 is 1. The second-order valence-electron chi connectivity index (χ2n) is 5.44. The van der Waals surface area contributed by atoms with Crippen molar-refractivity contribution in [2.24, 2.45) is 0 Å². The van der Waals surface area contributed by atoms with Gasteiger partial charge in [-0.25, -0.2) is 14.1 Å². The first-order valence-corrected chi connectivity index (χ1v) is 9.10. The third-order valence-corrected chi connectivity index (χ3v) is 4.77. The van der Waals surface area contributed by atoms with Crippen LogP contribution in [0, 0.1) is 5.82 Å². The predicted molar refractivity (Wildman–Crippen MR) is 104 cm³/mol. The zero-order chi connectivity index (χ0) is 19.7. The van der Waals surface area contributed by atoms with E-state index in [1.54, 1.807) is 12.1 Å². The van der Waals surface area contributed by atoms with Gasteiger partial charge < -0.3 is 4.74 Å². The van der Waals surface area contributed by atoms with Gasteiger partial charge in [0.2, 0.25) is 0 Å². The smallest absolute Gasteiger partial charge is 0.335 e. The van der Waals surface area contributed by atoms with E-state index < -0.39 is 23.7 Å². The second kappa shape index (κ2) is 7.61. The molecule has 0 bridgehead atoms. The van der Waals surface area contributed by atoms with Crippen LogP contribution in [0.1, 0.15) is 5.56 Å². The first-order chi connectivity index (χ1) is 12.8. The molecule has 138 valence electrons. The van der Waals surface area contributed by atoms with Crippen LogP contribution in [0.3, 0.4) is 0 Å². The number of nitrogens with one attached hydrogen (secondary N) is 1. The van der Waals surface area contributed by atoms with E-state index in [-0.39, 0.29) is 11.3 Å². The molecule has 27 heavy (non-hydrogen) atoms. The summed E-state index contributed by atoms with van der Waals surface area (Å²) < 4.78 is 19.8. The van der Waals surface area contributed by atoms with Crippen molar-refractivity contribution in [1.29, 1.82) is 0 Å². The van der Waals surface area contributed by atoms with Gasteiger partial charge in [-0.2, -0.15) is 0 Å². The number of urea groups is 1. The van der Waals surface area contributed by atoms with Crippen LogP contribution in [0.2, 0.25) is 0 Å². The van der Waals surface area contributed by atoms with Gasteiger partial charge in [-0.05, 0) is 58.4 Å². The van der Waals surface area contributed by atoms with Crippen molar-refractivity contribution < 1.29 is 23.5 Å². The van der Waals surface area contributed by atoms with Crippen LogP contribution in [0.4, 0.5) is 14.9 Å². The Morgan fingerprint density at radius 1 is 1.11 bits per heavy atom. The zero-order valence-electron chi connectivity index (χ0n) is 13.8. The molecule has 1 fully saturated rings. The highest BCUT2D eigenvalue weighted by molar-refractivity contribution is 9.11. The van der Waals surface area contributed by atoms with Crippen LogP contribution in [-0.4, -0.2) is 25.0 Å². The minimum atomic E-state index is -0.906. The van der Waals surface area contributed by atoms with Crippen LogP contribution in [0.5, 0.6) is 5.75 Å². The van der Waals surface area contributed by atoms with Crippen molar-refractivity contribution in [3.63, 3.8) is 0 Å². The molecule has 0 radical (unpaired) electrons. The average molecular weight is 498 g/mol. The van der Waals surface area contributed by atoms with Gasteiger partial charge in [-0.1, -0.05) is 15.9 Å². The van der Waals surface area contributed by atoms with Crippen molar-refractivity contribution in [2.75, 3.05) is 12.0 Å². The summed E-state index contributed by atoms with van der Waals surface area (Å²) in [6.07, 6.45) is 1.33. The largest absolute Gasteiger partial charge is 0.495 e. The Labute approximate surface area is 170 Å². The molecule has 6 nitrogen and oxygen atoms in total. The Balaban J connectivity index is 2.09. The van der Waals surface area contributed by atoms with Crippen LogP contribution in [-0.2, 0) is 9.59 Å². The average Bonchev–Trinajstić information content (AvgIpc) is 2.59. The van der Waals surface area contributed by atoms with E-state index in [4.69, 9.17) is 4.74 Å². The minimum absolute atomic E-state index is 0.139. The number of nitrogens with zero attached hydrogens (tertiary/aromatic N) is 1. The van der Waals surface area contributed by atoms with Gasteiger partial charge in [0.25, 0.3) is 11.8 Å². The molecule has 1 saturated heterocycles. The Kier molecular flexibility index (Phi) is 5.43. The van der Waals surface area contributed by atoms with Gasteiger partial charge >= 0.3 is 6.03 Å². The van der Waals surface area contributed by atoms with Crippen LogP contribution < -0.4 is 15.0 Å². The van der Waals surface area contributed by atoms with Crippen molar-refractivity contribution in [2.45, 2.75) is 0 Å². The third-order valence-electron chi connectivity index (χ3n) is 3.73. The van der Waals surface area contributed by atoms with E-state index in [1.807, 2.05) is 0 Å². The summed E-state index contributed by atoms with van der Waals surface area (Å²) in [5.41, 5.74) is 0.326. The molecule has 1 aliphatic rings. The Hall–Kier alpha value is -2.52. The molecule has 1 N–H and O–H groups in total. The number of hydrogen-bond donors (Lipinski definition) is 1. The van der Waals surface area contributed by atoms with E-state index in [2.05, 4.69) is 37.2 Å². The lowest BCUT2D eigenvalue weighted by Gasteiger charge is -2.26. The Morgan fingerprint density at radius 3 is 2.41 bits per heavy atom. The maximum atomic E-state index is 13.1. The van der Waals surface area contributed by atoms with Crippen LogP contribution in [0.15, 0.2) is 50.9 Å². The van der Waals surface area contributed by atoms with Crippen molar-refractivity contribution in [1.82, 2.24) is 5.32 Å². The first-order valence-electron chi connectivity index (χ1n) is 7.52. The summed E-state index contributed by atoms with van der Waals surface area (Å²) in [7, 11) is 1.45. The quantitative estimate of drug-likeness (QED) is 0.513. The molecule has 0 aromatic heterocycles. The number of amides is 4. The molecule has 2 aromatic carbocycles. The summed E-state index contributed by atoms with van der Waals surface area (Å²) in [4.78, 5) is 38.0. The molecule has 2 aromatic rings. The van der Waals surface area contributed by atoms with Gasteiger partial charge in [0.05, 0.1) is 17.3 Å². The van der Waals surface area contributed by atoms with Crippen molar-refractivity contribution in [3.8, 4) is 5.75 Å². The molecular weight excluding hydrogens is 487 g/mol. The molecule has 0 saturated carbocycles. The highest BCUT2D eigenvalue weighted by atomic mass is 79.9. The van der Waals surface area contributed by atoms with E-state index in [1.165, 1.54) is 25.3 Å². The molecule has 0 spiro atoms. The monoisotopic (exact) mass is 496 g/mol. The molecule has 1 heterocycles. The lowest BCUT2D eigenvalue weighted by atomic mass is 10.1. The zero-order valence-corrected chi connectivity index (χ0v) is 16.9. The van der Waals surface area contributed by atoms with Crippen molar-refractivity contribution >= 4 is 61.5 Å². The van der Waals surface area contributed by atoms with E-state index in [9.17, 15) is 18.8 Å². The summed E-state index contributed by atoms with van der Waals surface area (Å²) in [5, 5.41) is 2.11. The van der Waals surface area contributed by atoms with Gasteiger partial charge in [-0.15, -0.1) is 0 Å². The lowest BCUT2D eigenvalue weighted by molar-refractivity contribution is -0.122. The van der Waals surface area contributed by atoms with Gasteiger partial charge in [-0.3, -0.25) is 14.9 Å². The molecule has 4 amide bonds. The highest BCUT2D eigenvalue weighted by Gasteiger charge is 2.37. The summed E-state index contributed by atoms with van der Waals surface area (Å²) in [6, 6.07) is 7.28. The molecule has 0 unspecified atom stereocenters. The molecule has 1 aliphatic heterocycles. The summed E-state index contributed by atoms with van der Waals surface area (Å²) in [6.45, 7) is 0. The molecule has 9 heteroatoms. The number of carbonyl (C=O) groups is 3. The lowest BCUT2D eigenvalue weighted by Crippen LogP contribution is -2.54. The minimum Gasteiger partial charge on any atom is -0.495 e. The molecular formula is C18H11Br2FN2O4. The number of benzene rings is 2. The molecule has 0 atom stereocenters. The first kappa shape index (κ1) is 19.2. The third kappa shape index (κ3) is 3.79. The number of halogens is 3. The van der Waals surface area contributed by atoms with E-state index >= 15 is 0 Å². The number of hydrogen-bond acceptors (Lipinski definition) is 4. The topological polar surface area (TPSA) is 75.7 Å². The predicted octanol–water partition coefficient (Wildman–Crippen LogP) is 4.03. The summed E-state index contributed by atoms with van der Waals surface area (Å²) >= 11 is 6.68.